The number of rotatable bonds is 4. The van der Waals surface area contributed by atoms with E-state index >= 15 is 8.78 Å². The zero-order valence-electron chi connectivity index (χ0n) is 25.1. The molecule has 2 aliphatic rings. The van der Waals surface area contributed by atoms with E-state index in [1.807, 2.05) is 25.7 Å². The Bertz CT molecular complexity index is 1870. The number of piperazine rings is 1. The van der Waals surface area contributed by atoms with Crippen molar-refractivity contribution in [3.05, 3.63) is 82.6 Å². The van der Waals surface area contributed by atoms with Crippen LogP contribution in [0.25, 0.3) is 27.7 Å². The topological polar surface area (TPSA) is 94.8 Å². The molecule has 0 radical (unpaired) electrons. The van der Waals surface area contributed by atoms with Crippen molar-refractivity contribution in [2.45, 2.75) is 39.2 Å². The van der Waals surface area contributed by atoms with Crippen molar-refractivity contribution in [1.29, 1.82) is 0 Å². The first kappa shape index (κ1) is 29.3. The largest absolute Gasteiger partial charge is 0.507 e. The van der Waals surface area contributed by atoms with Crippen LogP contribution in [-0.2, 0) is 4.79 Å². The summed E-state index contributed by atoms with van der Waals surface area (Å²) in [7, 11) is 1.74. The highest BCUT2D eigenvalue weighted by molar-refractivity contribution is 6.05. The SMILES string of the molecule is C=CC(=O)N1CCN2c3nc(=O)n(-c4c(C)ccnc4C(C)C)c4cc(-c5c(O)cccc5F)c(F)c(c34)N(C)CCC2C1. The van der Waals surface area contributed by atoms with Gasteiger partial charge in [0, 0.05) is 51.0 Å². The second-order valence-electron chi connectivity index (χ2n) is 11.7. The molecular weight excluding hydrogens is 566 g/mol. The fourth-order valence-corrected chi connectivity index (χ4v) is 6.52. The van der Waals surface area contributed by atoms with Crippen molar-refractivity contribution in [2.75, 3.05) is 43.0 Å². The molecule has 0 spiro atoms. The molecule has 228 valence electrons. The summed E-state index contributed by atoms with van der Waals surface area (Å²) in [4.78, 5) is 41.3. The maximum atomic E-state index is 16.9. The lowest BCUT2D eigenvalue weighted by Crippen LogP contribution is -2.56. The normalized spacial score (nSPS) is 16.6. The fraction of sp³-hybridized carbons (Fsp3) is 0.333. The van der Waals surface area contributed by atoms with E-state index in [4.69, 9.17) is 0 Å². The van der Waals surface area contributed by atoms with Crippen molar-refractivity contribution in [3.63, 3.8) is 0 Å². The lowest BCUT2D eigenvalue weighted by molar-refractivity contribution is -0.126. The number of nitrogens with zero attached hydrogens (tertiary/aromatic N) is 6. The lowest BCUT2D eigenvalue weighted by Gasteiger charge is -2.44. The van der Waals surface area contributed by atoms with Gasteiger partial charge in [-0.1, -0.05) is 26.5 Å². The molecule has 1 amide bonds. The van der Waals surface area contributed by atoms with Gasteiger partial charge in [0.25, 0.3) is 0 Å². The van der Waals surface area contributed by atoms with Crippen LogP contribution in [0, 0.1) is 18.6 Å². The molecule has 1 fully saturated rings. The lowest BCUT2D eigenvalue weighted by atomic mass is 9.96. The molecular formula is C33H34F2N6O3. The van der Waals surface area contributed by atoms with Crippen LogP contribution in [0.15, 0.2) is 54.0 Å². The molecule has 6 rings (SSSR count). The third kappa shape index (κ3) is 4.58. The van der Waals surface area contributed by atoms with E-state index in [2.05, 4.69) is 16.5 Å². The molecule has 2 aromatic carbocycles. The maximum absolute atomic E-state index is 16.9. The maximum Gasteiger partial charge on any atom is 0.354 e. The van der Waals surface area contributed by atoms with Gasteiger partial charge in [0.15, 0.2) is 5.82 Å². The van der Waals surface area contributed by atoms with Crippen LogP contribution in [0.2, 0.25) is 0 Å². The van der Waals surface area contributed by atoms with Crippen LogP contribution in [0.4, 0.5) is 20.3 Å². The minimum atomic E-state index is -0.796. The molecule has 2 aromatic heterocycles. The third-order valence-electron chi connectivity index (χ3n) is 8.68. The van der Waals surface area contributed by atoms with Gasteiger partial charge in [-0.3, -0.25) is 14.3 Å². The summed E-state index contributed by atoms with van der Waals surface area (Å²) in [5, 5.41) is 11.1. The zero-order chi connectivity index (χ0) is 31.4. The minimum Gasteiger partial charge on any atom is -0.507 e. The van der Waals surface area contributed by atoms with Gasteiger partial charge < -0.3 is 19.8 Å². The predicted octanol–water partition coefficient (Wildman–Crippen LogP) is 4.91. The van der Waals surface area contributed by atoms with Gasteiger partial charge in [0.05, 0.1) is 33.5 Å². The van der Waals surface area contributed by atoms with E-state index in [1.165, 1.54) is 28.8 Å². The Kier molecular flexibility index (Phi) is 7.35. The number of aromatic hydroxyl groups is 1. The highest BCUT2D eigenvalue weighted by atomic mass is 19.1. The molecule has 1 atom stereocenters. The number of carbonyl (C=O) groups excluding carboxylic acids is 1. The number of halogens is 2. The quantitative estimate of drug-likeness (QED) is 0.333. The molecule has 11 heteroatoms. The Hall–Kier alpha value is -4.80. The molecule has 4 aromatic rings. The molecule has 1 saturated heterocycles. The summed E-state index contributed by atoms with van der Waals surface area (Å²) in [6.45, 7) is 11.0. The zero-order valence-corrected chi connectivity index (χ0v) is 25.1. The second-order valence-corrected chi connectivity index (χ2v) is 11.7. The number of hydrogen-bond donors (Lipinski definition) is 1. The molecule has 0 aliphatic carbocycles. The van der Waals surface area contributed by atoms with E-state index < -0.39 is 23.1 Å². The highest BCUT2D eigenvalue weighted by Crippen LogP contribution is 2.45. The van der Waals surface area contributed by atoms with Crippen LogP contribution >= 0.6 is 0 Å². The number of phenolic OH excluding ortho intramolecular Hbond substituents is 1. The number of aryl methyl sites for hydroxylation is 1. The Labute approximate surface area is 253 Å². The molecule has 4 heterocycles. The number of amides is 1. The van der Waals surface area contributed by atoms with Gasteiger partial charge in [0.1, 0.15) is 17.4 Å². The van der Waals surface area contributed by atoms with Crippen molar-refractivity contribution < 1.29 is 18.7 Å². The number of anilines is 2. The molecule has 0 bridgehead atoms. The number of aromatic nitrogens is 3. The van der Waals surface area contributed by atoms with E-state index in [0.717, 1.165) is 11.6 Å². The van der Waals surface area contributed by atoms with Crippen LogP contribution in [0.3, 0.4) is 0 Å². The van der Waals surface area contributed by atoms with Gasteiger partial charge in [-0.25, -0.2) is 13.6 Å². The number of phenols is 1. The second kappa shape index (κ2) is 11.0. The predicted molar refractivity (Wildman–Crippen MR) is 167 cm³/mol. The van der Waals surface area contributed by atoms with Gasteiger partial charge in [0.2, 0.25) is 5.91 Å². The van der Waals surface area contributed by atoms with Gasteiger partial charge in [-0.05, 0) is 55.2 Å². The minimum absolute atomic E-state index is 0.0667. The monoisotopic (exact) mass is 600 g/mol. The number of benzene rings is 2. The molecule has 1 N–H and O–H groups in total. The first-order chi connectivity index (χ1) is 21.0. The number of hydrogen-bond acceptors (Lipinski definition) is 7. The first-order valence-corrected chi connectivity index (χ1v) is 14.7. The Morgan fingerprint density at radius 3 is 2.64 bits per heavy atom. The molecule has 0 saturated carbocycles. The fourth-order valence-electron chi connectivity index (χ4n) is 6.52. The van der Waals surface area contributed by atoms with Crippen LogP contribution in [-0.4, -0.2) is 69.7 Å². The first-order valence-electron chi connectivity index (χ1n) is 14.7. The van der Waals surface area contributed by atoms with Crippen molar-refractivity contribution in [3.8, 4) is 22.6 Å². The molecule has 9 nitrogen and oxygen atoms in total. The summed E-state index contributed by atoms with van der Waals surface area (Å²) < 4.78 is 33.6. The number of pyridine rings is 1. The van der Waals surface area contributed by atoms with Gasteiger partial charge in [-0.15, -0.1) is 0 Å². The van der Waals surface area contributed by atoms with E-state index in [0.29, 0.717) is 60.7 Å². The van der Waals surface area contributed by atoms with Gasteiger partial charge >= 0.3 is 5.69 Å². The number of fused-ring (bicyclic) bond motifs is 2. The van der Waals surface area contributed by atoms with Crippen LogP contribution < -0.4 is 15.5 Å². The van der Waals surface area contributed by atoms with Crippen LogP contribution in [0.5, 0.6) is 5.75 Å². The average molecular weight is 601 g/mol. The summed E-state index contributed by atoms with van der Waals surface area (Å²) >= 11 is 0. The highest BCUT2D eigenvalue weighted by Gasteiger charge is 2.36. The van der Waals surface area contributed by atoms with Crippen molar-refractivity contribution in [1.82, 2.24) is 19.4 Å². The molecule has 1 unspecified atom stereocenters. The van der Waals surface area contributed by atoms with E-state index in [1.54, 1.807) is 29.1 Å². The molecule has 2 aliphatic heterocycles. The number of carbonyl (C=O) groups is 1. The van der Waals surface area contributed by atoms with Crippen LogP contribution in [0.1, 0.15) is 37.4 Å². The van der Waals surface area contributed by atoms with Crippen molar-refractivity contribution in [2.24, 2.45) is 0 Å². The average Bonchev–Trinajstić information content (AvgIpc) is 2.99. The van der Waals surface area contributed by atoms with E-state index in [9.17, 15) is 14.7 Å². The Morgan fingerprint density at radius 2 is 1.93 bits per heavy atom. The Morgan fingerprint density at radius 1 is 1.16 bits per heavy atom. The van der Waals surface area contributed by atoms with Crippen molar-refractivity contribution >= 4 is 28.3 Å². The smallest absolute Gasteiger partial charge is 0.354 e. The summed E-state index contributed by atoms with van der Waals surface area (Å²) in [5.41, 5.74) is 1.32. The Balaban J connectivity index is 1.75. The van der Waals surface area contributed by atoms with Gasteiger partial charge in [-0.2, -0.15) is 4.98 Å². The summed E-state index contributed by atoms with van der Waals surface area (Å²) in [5.74, 6) is -1.90. The summed E-state index contributed by atoms with van der Waals surface area (Å²) in [6, 6.07) is 6.84. The standard InChI is InChI=1S/C33H34F2N6O3/c1-6-25(43)39-14-15-40-20(17-39)11-13-38(5)31-27-23(16-21(28(31)35)26-22(34)8-7-9-24(26)42)41(33(44)37-32(27)40)30-19(4)10-12-36-29(30)18(2)3/h6-10,12,16,18,20,42H,1,11,13-15,17H2,2-5H3. The summed E-state index contributed by atoms with van der Waals surface area (Å²) in [6.07, 6.45) is 3.50. The van der Waals surface area contributed by atoms with E-state index in [-0.39, 0.29) is 34.7 Å². The third-order valence-corrected chi connectivity index (χ3v) is 8.68. The molecule has 44 heavy (non-hydrogen) atoms.